The van der Waals surface area contributed by atoms with Gasteiger partial charge in [-0.1, -0.05) is 0 Å². The average molecular weight is 127 g/mol. The Balaban J connectivity index is 2.33. The summed E-state index contributed by atoms with van der Waals surface area (Å²) < 4.78 is 0. The maximum absolute atomic E-state index is 10.4. The van der Waals surface area contributed by atoms with Crippen molar-refractivity contribution in [2.75, 3.05) is 0 Å². The maximum atomic E-state index is 10.4. The van der Waals surface area contributed by atoms with Gasteiger partial charge in [-0.25, -0.2) is 0 Å². The van der Waals surface area contributed by atoms with E-state index in [1.807, 2.05) is 0 Å². The standard InChI is InChI=1S/C7H13NO/c1-6(2)8-7(5-9)3-4-7/h5-6,8H,3-4H2,1-2H3. The molecule has 0 heterocycles. The first-order valence-electron chi connectivity index (χ1n) is 3.42. The quantitative estimate of drug-likeness (QED) is 0.566. The van der Waals surface area contributed by atoms with Gasteiger partial charge in [0.2, 0.25) is 0 Å². The Hall–Kier alpha value is -0.370. The summed E-state index contributed by atoms with van der Waals surface area (Å²) >= 11 is 0. The first-order chi connectivity index (χ1) is 4.18. The molecule has 1 aliphatic rings. The summed E-state index contributed by atoms with van der Waals surface area (Å²) in [4.78, 5) is 10.4. The van der Waals surface area contributed by atoms with Crippen molar-refractivity contribution in [1.29, 1.82) is 0 Å². The maximum Gasteiger partial charge on any atom is 0.140 e. The summed E-state index contributed by atoms with van der Waals surface area (Å²) in [5.41, 5.74) is -0.117. The van der Waals surface area contributed by atoms with Crippen LogP contribution in [-0.2, 0) is 4.79 Å². The first-order valence-corrected chi connectivity index (χ1v) is 3.42. The summed E-state index contributed by atoms with van der Waals surface area (Å²) in [6, 6.07) is 0.428. The Morgan fingerprint density at radius 3 is 2.22 bits per heavy atom. The molecule has 0 radical (unpaired) electrons. The molecule has 0 aromatic rings. The van der Waals surface area contributed by atoms with Crippen LogP contribution in [0.25, 0.3) is 0 Å². The van der Waals surface area contributed by atoms with Crippen molar-refractivity contribution in [1.82, 2.24) is 5.32 Å². The van der Waals surface area contributed by atoms with Gasteiger partial charge in [0, 0.05) is 6.04 Å². The Kier molecular flexibility index (Phi) is 1.58. The van der Waals surface area contributed by atoms with Crippen LogP contribution in [0.1, 0.15) is 26.7 Å². The highest BCUT2D eigenvalue weighted by atomic mass is 16.1. The average Bonchev–Trinajstić information content (AvgIpc) is 2.48. The van der Waals surface area contributed by atoms with E-state index in [1.165, 1.54) is 0 Å². The second-order valence-electron chi connectivity index (χ2n) is 3.07. The van der Waals surface area contributed by atoms with Gasteiger partial charge in [0.15, 0.2) is 0 Å². The highest BCUT2D eigenvalue weighted by molar-refractivity contribution is 5.68. The Labute approximate surface area is 55.6 Å². The van der Waals surface area contributed by atoms with Crippen molar-refractivity contribution in [2.24, 2.45) is 0 Å². The SMILES string of the molecule is CC(C)NC1(C=O)CC1. The lowest BCUT2D eigenvalue weighted by molar-refractivity contribution is -0.110. The molecule has 1 aliphatic carbocycles. The molecule has 1 N–H and O–H groups in total. The highest BCUT2D eigenvalue weighted by Crippen LogP contribution is 2.33. The fourth-order valence-corrected chi connectivity index (χ4v) is 1.01. The third-order valence-corrected chi connectivity index (χ3v) is 1.59. The van der Waals surface area contributed by atoms with Crippen molar-refractivity contribution in [3.05, 3.63) is 0 Å². The summed E-state index contributed by atoms with van der Waals surface area (Å²) in [6.45, 7) is 4.12. The van der Waals surface area contributed by atoms with Crippen molar-refractivity contribution in [3.63, 3.8) is 0 Å². The van der Waals surface area contributed by atoms with Gasteiger partial charge in [0.05, 0.1) is 5.54 Å². The lowest BCUT2D eigenvalue weighted by atomic mass is 10.2. The molecular formula is C7H13NO. The van der Waals surface area contributed by atoms with E-state index >= 15 is 0 Å². The van der Waals surface area contributed by atoms with Gasteiger partial charge in [-0.3, -0.25) is 0 Å². The lowest BCUT2D eigenvalue weighted by Gasteiger charge is -2.12. The third kappa shape index (κ3) is 1.52. The number of aldehydes is 1. The molecule has 1 saturated carbocycles. The molecule has 0 spiro atoms. The molecule has 0 aromatic heterocycles. The van der Waals surface area contributed by atoms with E-state index in [1.54, 1.807) is 0 Å². The fraction of sp³-hybridized carbons (Fsp3) is 0.857. The topological polar surface area (TPSA) is 29.1 Å². The van der Waals surface area contributed by atoms with Crippen LogP contribution in [0.15, 0.2) is 0 Å². The lowest BCUT2D eigenvalue weighted by Crippen LogP contribution is -2.37. The molecular weight excluding hydrogens is 114 g/mol. The van der Waals surface area contributed by atoms with E-state index < -0.39 is 0 Å². The molecule has 0 aliphatic heterocycles. The Bertz CT molecular complexity index is 116. The molecule has 0 unspecified atom stereocenters. The number of hydrogen-bond donors (Lipinski definition) is 1. The molecule has 1 rings (SSSR count). The van der Waals surface area contributed by atoms with E-state index in [0.717, 1.165) is 19.1 Å². The third-order valence-electron chi connectivity index (χ3n) is 1.59. The van der Waals surface area contributed by atoms with Crippen LogP contribution in [0, 0.1) is 0 Å². The predicted octanol–water partition coefficient (Wildman–Crippen LogP) is 0.716. The Morgan fingerprint density at radius 2 is 2.11 bits per heavy atom. The molecule has 0 bridgehead atoms. The number of carbonyl (C=O) groups is 1. The highest BCUT2D eigenvalue weighted by Gasteiger charge is 2.42. The van der Waals surface area contributed by atoms with Gasteiger partial charge < -0.3 is 10.1 Å². The van der Waals surface area contributed by atoms with Crippen LogP contribution >= 0.6 is 0 Å². The fourth-order valence-electron chi connectivity index (χ4n) is 1.01. The number of rotatable bonds is 3. The number of hydrogen-bond acceptors (Lipinski definition) is 2. The van der Waals surface area contributed by atoms with E-state index in [-0.39, 0.29) is 5.54 Å². The zero-order chi connectivity index (χ0) is 6.91. The monoisotopic (exact) mass is 127 g/mol. The van der Waals surface area contributed by atoms with E-state index in [4.69, 9.17) is 0 Å². The zero-order valence-electron chi connectivity index (χ0n) is 5.98. The summed E-state index contributed by atoms with van der Waals surface area (Å²) in [5, 5.41) is 3.21. The molecule has 0 amide bonds. The van der Waals surface area contributed by atoms with E-state index in [9.17, 15) is 4.79 Å². The predicted molar refractivity (Wildman–Crippen MR) is 36.3 cm³/mol. The van der Waals surface area contributed by atoms with Crippen LogP contribution in [0.5, 0.6) is 0 Å². The van der Waals surface area contributed by atoms with E-state index in [2.05, 4.69) is 19.2 Å². The smallest absolute Gasteiger partial charge is 0.140 e. The van der Waals surface area contributed by atoms with Crippen molar-refractivity contribution >= 4 is 6.29 Å². The van der Waals surface area contributed by atoms with Gasteiger partial charge in [-0.05, 0) is 26.7 Å². The van der Waals surface area contributed by atoms with Crippen LogP contribution in [0.4, 0.5) is 0 Å². The minimum absolute atomic E-state index is 0.117. The minimum Gasteiger partial charge on any atom is -0.303 e. The molecule has 0 aromatic carbocycles. The summed E-state index contributed by atoms with van der Waals surface area (Å²) in [5.74, 6) is 0. The van der Waals surface area contributed by atoms with Gasteiger partial charge >= 0.3 is 0 Å². The molecule has 2 heteroatoms. The summed E-state index contributed by atoms with van der Waals surface area (Å²) in [6.07, 6.45) is 3.08. The molecule has 1 fully saturated rings. The molecule has 0 atom stereocenters. The molecule has 9 heavy (non-hydrogen) atoms. The first kappa shape index (κ1) is 6.75. The number of nitrogens with one attached hydrogen (secondary N) is 1. The largest absolute Gasteiger partial charge is 0.303 e. The Morgan fingerprint density at radius 1 is 1.56 bits per heavy atom. The normalized spacial score (nSPS) is 22.1. The van der Waals surface area contributed by atoms with Crippen molar-refractivity contribution in [3.8, 4) is 0 Å². The van der Waals surface area contributed by atoms with Crippen LogP contribution in [0.3, 0.4) is 0 Å². The minimum atomic E-state index is -0.117. The second kappa shape index (κ2) is 2.10. The molecule has 2 nitrogen and oxygen atoms in total. The van der Waals surface area contributed by atoms with Gasteiger partial charge in [0.25, 0.3) is 0 Å². The van der Waals surface area contributed by atoms with Crippen LogP contribution < -0.4 is 5.32 Å². The van der Waals surface area contributed by atoms with Crippen molar-refractivity contribution in [2.45, 2.75) is 38.3 Å². The molecule has 52 valence electrons. The van der Waals surface area contributed by atoms with Gasteiger partial charge in [-0.15, -0.1) is 0 Å². The summed E-state index contributed by atoms with van der Waals surface area (Å²) in [7, 11) is 0. The zero-order valence-corrected chi connectivity index (χ0v) is 5.98. The van der Waals surface area contributed by atoms with E-state index in [0.29, 0.717) is 6.04 Å². The van der Waals surface area contributed by atoms with Gasteiger partial charge in [0.1, 0.15) is 6.29 Å². The number of carbonyl (C=O) groups excluding carboxylic acids is 1. The van der Waals surface area contributed by atoms with Crippen molar-refractivity contribution < 1.29 is 4.79 Å². The second-order valence-corrected chi connectivity index (χ2v) is 3.07. The molecule has 0 saturated heterocycles. The van der Waals surface area contributed by atoms with Crippen LogP contribution in [-0.4, -0.2) is 17.9 Å². The van der Waals surface area contributed by atoms with Crippen LogP contribution in [0.2, 0.25) is 0 Å². The van der Waals surface area contributed by atoms with Gasteiger partial charge in [-0.2, -0.15) is 0 Å².